The van der Waals surface area contributed by atoms with Crippen molar-refractivity contribution in [2.45, 2.75) is 19.8 Å². The molecule has 0 spiro atoms. The molecule has 0 aliphatic carbocycles. The average Bonchev–Trinajstić information content (AvgIpc) is 2.49. The molecule has 0 radical (unpaired) electrons. The first kappa shape index (κ1) is 17.7. The Morgan fingerprint density at radius 1 is 1.14 bits per heavy atom. The molecule has 0 aromatic heterocycles. The van der Waals surface area contributed by atoms with Crippen molar-refractivity contribution in [1.29, 1.82) is 0 Å². The zero-order chi connectivity index (χ0) is 16.4. The lowest BCUT2D eigenvalue weighted by molar-refractivity contribution is 0.160. The van der Waals surface area contributed by atoms with Crippen molar-refractivity contribution in [3.8, 4) is 0 Å². The highest BCUT2D eigenvalue weighted by Crippen LogP contribution is 2.21. The van der Waals surface area contributed by atoms with E-state index in [9.17, 15) is 9.59 Å². The number of thiocarbonyl (C=S) groups is 1. The summed E-state index contributed by atoms with van der Waals surface area (Å²) in [6, 6.07) is 6.90. The van der Waals surface area contributed by atoms with Gasteiger partial charge in [-0.25, -0.2) is 9.59 Å². The van der Waals surface area contributed by atoms with Crippen LogP contribution < -0.4 is 16.0 Å². The molecule has 120 valence electrons. The zero-order valence-electron chi connectivity index (χ0n) is 12.5. The third kappa shape index (κ3) is 6.40. The van der Waals surface area contributed by atoms with Crippen LogP contribution in [0, 0.1) is 0 Å². The Kier molecular flexibility index (Phi) is 7.69. The summed E-state index contributed by atoms with van der Waals surface area (Å²) in [7, 11) is 1.24. The lowest BCUT2D eigenvalue weighted by Gasteiger charge is -2.13. The van der Waals surface area contributed by atoms with Crippen LogP contribution in [0.25, 0.3) is 0 Å². The first-order valence-corrected chi connectivity index (χ1v) is 7.16. The van der Waals surface area contributed by atoms with Crippen molar-refractivity contribution in [3.05, 3.63) is 24.3 Å². The molecule has 0 aliphatic rings. The lowest BCUT2D eigenvalue weighted by Crippen LogP contribution is -2.34. The Hall–Kier alpha value is -2.35. The van der Waals surface area contributed by atoms with Crippen LogP contribution >= 0.6 is 12.2 Å². The van der Waals surface area contributed by atoms with Gasteiger partial charge >= 0.3 is 12.2 Å². The molecule has 0 aliphatic heterocycles. The van der Waals surface area contributed by atoms with Gasteiger partial charge < -0.3 is 14.8 Å². The molecule has 22 heavy (non-hydrogen) atoms. The first-order valence-electron chi connectivity index (χ1n) is 6.75. The summed E-state index contributed by atoms with van der Waals surface area (Å²) in [5.41, 5.74) is 1.01. The van der Waals surface area contributed by atoms with Gasteiger partial charge in [0.1, 0.15) is 0 Å². The molecule has 0 atom stereocenters. The van der Waals surface area contributed by atoms with Gasteiger partial charge in [-0.15, -0.1) is 0 Å². The second kappa shape index (κ2) is 9.56. The van der Waals surface area contributed by atoms with Gasteiger partial charge in [0.25, 0.3) is 0 Å². The van der Waals surface area contributed by atoms with Gasteiger partial charge in [0.15, 0.2) is 5.11 Å². The van der Waals surface area contributed by atoms with Gasteiger partial charge in [-0.1, -0.05) is 25.5 Å². The van der Waals surface area contributed by atoms with E-state index in [1.165, 1.54) is 7.11 Å². The van der Waals surface area contributed by atoms with Gasteiger partial charge in [-0.05, 0) is 30.8 Å². The predicted molar refractivity (Wildman–Crippen MR) is 88.1 cm³/mol. The van der Waals surface area contributed by atoms with Crippen LogP contribution in [0.2, 0.25) is 0 Å². The summed E-state index contributed by atoms with van der Waals surface area (Å²) in [5, 5.41) is 7.78. The van der Waals surface area contributed by atoms with Crippen molar-refractivity contribution in [1.82, 2.24) is 5.32 Å². The number of carbonyl (C=O) groups excluding carboxylic acids is 2. The van der Waals surface area contributed by atoms with Crippen LogP contribution in [-0.2, 0) is 9.47 Å². The fraction of sp³-hybridized carbons (Fsp3) is 0.357. The molecule has 8 heteroatoms. The van der Waals surface area contributed by atoms with Crippen LogP contribution in [-0.4, -0.2) is 31.0 Å². The summed E-state index contributed by atoms with van der Waals surface area (Å²) in [4.78, 5) is 22.7. The largest absolute Gasteiger partial charge is 0.453 e. The van der Waals surface area contributed by atoms with Gasteiger partial charge in [0.2, 0.25) is 0 Å². The molecular weight excluding hydrogens is 306 g/mol. The predicted octanol–water partition coefficient (Wildman–Crippen LogP) is 3.09. The van der Waals surface area contributed by atoms with E-state index in [0.29, 0.717) is 18.0 Å². The highest BCUT2D eigenvalue weighted by atomic mass is 32.1. The summed E-state index contributed by atoms with van der Waals surface area (Å²) in [6.45, 7) is 2.37. The number of anilines is 2. The van der Waals surface area contributed by atoms with Crippen LogP contribution in [0.5, 0.6) is 0 Å². The Bertz CT molecular complexity index is 537. The molecule has 1 rings (SSSR count). The zero-order valence-corrected chi connectivity index (χ0v) is 13.3. The van der Waals surface area contributed by atoms with E-state index >= 15 is 0 Å². The molecule has 0 heterocycles. The molecule has 0 bridgehead atoms. The lowest BCUT2D eigenvalue weighted by atomic mass is 10.2. The number of para-hydroxylation sites is 2. The number of amides is 2. The number of alkyl carbamates (subject to hydrolysis) is 1. The van der Waals surface area contributed by atoms with Crippen molar-refractivity contribution in [3.63, 3.8) is 0 Å². The molecule has 0 fully saturated rings. The van der Waals surface area contributed by atoms with E-state index < -0.39 is 12.2 Å². The quantitative estimate of drug-likeness (QED) is 0.569. The Labute approximate surface area is 134 Å². The van der Waals surface area contributed by atoms with E-state index in [0.717, 1.165) is 12.8 Å². The Morgan fingerprint density at radius 2 is 1.77 bits per heavy atom. The topological polar surface area (TPSA) is 88.7 Å². The van der Waals surface area contributed by atoms with E-state index in [1.807, 2.05) is 6.92 Å². The Morgan fingerprint density at radius 3 is 2.36 bits per heavy atom. The van der Waals surface area contributed by atoms with Crippen LogP contribution in [0.15, 0.2) is 24.3 Å². The number of ether oxygens (including phenoxy) is 2. The normalized spacial score (nSPS) is 9.55. The summed E-state index contributed by atoms with van der Waals surface area (Å²) in [6.07, 6.45) is 0.524. The minimum Gasteiger partial charge on any atom is -0.453 e. The number of methoxy groups -OCH3 is 1. The fourth-order valence-corrected chi connectivity index (χ4v) is 1.65. The maximum Gasteiger partial charge on any atom is 0.413 e. The summed E-state index contributed by atoms with van der Waals surface area (Å²) < 4.78 is 9.47. The molecule has 3 N–H and O–H groups in total. The van der Waals surface area contributed by atoms with Crippen LogP contribution in [0.1, 0.15) is 19.8 Å². The first-order chi connectivity index (χ1) is 10.6. The third-order valence-electron chi connectivity index (χ3n) is 2.54. The Balaban J connectivity index is 2.63. The van der Waals surface area contributed by atoms with Crippen molar-refractivity contribution >= 4 is 40.9 Å². The standard InChI is InChI=1S/C14H19N3O4S/c1-3-4-9-21-14(19)16-11-8-6-5-7-10(11)15-12(22)17-13(18)20-2/h5-8H,3-4,9H2,1-2H3,(H,16,19)(H2,15,17,18,22). The SMILES string of the molecule is CCCCOC(=O)Nc1ccccc1NC(=S)NC(=O)OC. The number of benzene rings is 1. The van der Waals surface area contributed by atoms with Crippen molar-refractivity contribution < 1.29 is 19.1 Å². The number of hydrogen-bond acceptors (Lipinski definition) is 5. The number of hydrogen-bond donors (Lipinski definition) is 3. The average molecular weight is 325 g/mol. The van der Waals surface area contributed by atoms with Crippen LogP contribution in [0.3, 0.4) is 0 Å². The van der Waals surface area contributed by atoms with E-state index in [-0.39, 0.29) is 5.11 Å². The molecule has 1 aromatic rings. The highest BCUT2D eigenvalue weighted by molar-refractivity contribution is 7.80. The third-order valence-corrected chi connectivity index (χ3v) is 2.75. The van der Waals surface area contributed by atoms with Crippen molar-refractivity contribution in [2.24, 2.45) is 0 Å². The molecule has 7 nitrogen and oxygen atoms in total. The van der Waals surface area contributed by atoms with Gasteiger partial charge in [-0.2, -0.15) is 0 Å². The fourth-order valence-electron chi connectivity index (χ4n) is 1.45. The number of carbonyl (C=O) groups is 2. The van der Waals surface area contributed by atoms with Crippen molar-refractivity contribution in [2.75, 3.05) is 24.4 Å². The molecule has 1 aromatic carbocycles. The minimum absolute atomic E-state index is 0.0560. The monoisotopic (exact) mass is 325 g/mol. The molecule has 0 saturated heterocycles. The minimum atomic E-state index is -0.679. The van der Waals surface area contributed by atoms with Gasteiger partial charge in [-0.3, -0.25) is 10.6 Å². The number of rotatable bonds is 5. The summed E-state index contributed by atoms with van der Waals surface area (Å²) >= 11 is 4.97. The van der Waals surface area contributed by atoms with E-state index in [1.54, 1.807) is 24.3 Å². The number of nitrogens with one attached hydrogen (secondary N) is 3. The second-order valence-corrected chi connectivity index (χ2v) is 4.64. The number of unbranched alkanes of at least 4 members (excludes halogenated alkanes) is 1. The van der Waals surface area contributed by atoms with Gasteiger partial charge in [0, 0.05) is 0 Å². The van der Waals surface area contributed by atoms with E-state index in [4.69, 9.17) is 17.0 Å². The highest BCUT2D eigenvalue weighted by Gasteiger charge is 2.09. The smallest absolute Gasteiger partial charge is 0.413 e. The molecule has 2 amide bonds. The maximum absolute atomic E-state index is 11.7. The maximum atomic E-state index is 11.7. The van der Waals surface area contributed by atoms with Crippen LogP contribution in [0.4, 0.5) is 21.0 Å². The van der Waals surface area contributed by atoms with Gasteiger partial charge in [0.05, 0.1) is 25.1 Å². The van der Waals surface area contributed by atoms with E-state index in [2.05, 4.69) is 20.7 Å². The molecular formula is C14H19N3O4S. The second-order valence-electron chi connectivity index (χ2n) is 4.23. The molecule has 0 unspecified atom stereocenters. The summed E-state index contributed by atoms with van der Waals surface area (Å²) in [5.74, 6) is 0. The molecule has 0 saturated carbocycles.